The molecule has 3 aromatic rings. The summed E-state index contributed by atoms with van der Waals surface area (Å²) in [5.41, 5.74) is 3.60. The molecule has 2 N–H and O–H groups in total. The predicted molar refractivity (Wildman–Crippen MR) is 115 cm³/mol. The fraction of sp³-hybridized carbons (Fsp3) is 0.0435. The summed E-state index contributed by atoms with van der Waals surface area (Å²) in [5, 5.41) is 6.21. The first-order chi connectivity index (χ1) is 15.0. The number of nitrogens with zero attached hydrogens (tertiary/aromatic N) is 1. The van der Waals surface area contributed by atoms with Gasteiger partial charge in [0.2, 0.25) is 0 Å². The highest BCUT2D eigenvalue weighted by atomic mass is 16.5. The van der Waals surface area contributed by atoms with Crippen LogP contribution >= 0.6 is 0 Å². The predicted octanol–water partition coefficient (Wildman–Crippen LogP) is 3.35. The second-order valence-corrected chi connectivity index (χ2v) is 6.21. The summed E-state index contributed by atoms with van der Waals surface area (Å²) in [5.74, 6) is -0.956. The molecule has 8 heteroatoms. The average Bonchev–Trinajstić information content (AvgIpc) is 2.81. The van der Waals surface area contributed by atoms with E-state index < -0.39 is 17.8 Å². The van der Waals surface area contributed by atoms with E-state index in [4.69, 9.17) is 4.74 Å². The molecule has 0 saturated carbocycles. The lowest BCUT2D eigenvalue weighted by molar-refractivity contribution is -0.136. The van der Waals surface area contributed by atoms with E-state index in [0.29, 0.717) is 28.3 Å². The van der Waals surface area contributed by atoms with Crippen LogP contribution < -0.4 is 15.5 Å². The number of esters is 1. The minimum atomic E-state index is -0.924. The lowest BCUT2D eigenvalue weighted by atomic mass is 10.1. The SMILES string of the molecule is COC(=O)c1ccc(C=NNC(=O)C(=O)Nc2ccc(Oc3ccccc3)cc2)cc1. The Morgan fingerprint density at radius 2 is 1.45 bits per heavy atom. The number of rotatable bonds is 6. The highest BCUT2D eigenvalue weighted by Crippen LogP contribution is 2.22. The molecule has 0 saturated heterocycles. The van der Waals surface area contributed by atoms with Crippen LogP contribution in [0.25, 0.3) is 0 Å². The van der Waals surface area contributed by atoms with Crippen LogP contribution in [0, 0.1) is 0 Å². The number of nitrogens with one attached hydrogen (secondary N) is 2. The number of hydrogen-bond acceptors (Lipinski definition) is 6. The summed E-state index contributed by atoms with van der Waals surface area (Å²) in [6, 6.07) is 22.2. The lowest BCUT2D eigenvalue weighted by Crippen LogP contribution is -2.32. The summed E-state index contributed by atoms with van der Waals surface area (Å²) in [6.07, 6.45) is 1.35. The summed E-state index contributed by atoms with van der Waals surface area (Å²) >= 11 is 0. The minimum absolute atomic E-state index is 0.392. The molecule has 0 spiro atoms. The number of para-hydroxylation sites is 1. The number of benzene rings is 3. The first kappa shape index (κ1) is 21.3. The smallest absolute Gasteiger partial charge is 0.337 e. The van der Waals surface area contributed by atoms with Crippen LogP contribution in [0.15, 0.2) is 84.0 Å². The quantitative estimate of drug-likeness (QED) is 0.277. The van der Waals surface area contributed by atoms with Gasteiger partial charge in [-0.15, -0.1) is 0 Å². The molecule has 0 fully saturated rings. The molecule has 0 aromatic heterocycles. The van der Waals surface area contributed by atoms with Crippen LogP contribution in [0.4, 0.5) is 5.69 Å². The topological polar surface area (TPSA) is 106 Å². The summed E-state index contributed by atoms with van der Waals surface area (Å²) in [7, 11) is 1.30. The minimum Gasteiger partial charge on any atom is -0.465 e. The van der Waals surface area contributed by atoms with Crippen LogP contribution in [0.3, 0.4) is 0 Å². The van der Waals surface area contributed by atoms with Gasteiger partial charge in [-0.2, -0.15) is 5.10 Å². The molecule has 0 bridgehead atoms. The van der Waals surface area contributed by atoms with Gasteiger partial charge in [0.1, 0.15) is 11.5 Å². The summed E-state index contributed by atoms with van der Waals surface area (Å²) < 4.78 is 10.3. The molecule has 0 aliphatic carbocycles. The summed E-state index contributed by atoms with van der Waals surface area (Å²) in [6.45, 7) is 0. The monoisotopic (exact) mass is 417 g/mol. The third-order valence-corrected chi connectivity index (χ3v) is 4.01. The van der Waals surface area contributed by atoms with E-state index in [1.165, 1.54) is 13.3 Å². The largest absolute Gasteiger partial charge is 0.465 e. The van der Waals surface area contributed by atoms with Crippen molar-refractivity contribution in [1.29, 1.82) is 0 Å². The van der Waals surface area contributed by atoms with Gasteiger partial charge in [-0.3, -0.25) is 9.59 Å². The molecule has 3 rings (SSSR count). The zero-order valence-corrected chi connectivity index (χ0v) is 16.6. The molecule has 0 radical (unpaired) electrons. The second kappa shape index (κ2) is 10.4. The maximum Gasteiger partial charge on any atom is 0.337 e. The van der Waals surface area contributed by atoms with Crippen molar-refractivity contribution in [3.05, 3.63) is 90.0 Å². The molecule has 2 amide bonds. The number of ether oxygens (including phenoxy) is 2. The number of anilines is 1. The zero-order chi connectivity index (χ0) is 22.1. The maximum absolute atomic E-state index is 12.0. The molecular formula is C23H19N3O5. The van der Waals surface area contributed by atoms with Gasteiger partial charge in [-0.25, -0.2) is 10.2 Å². The molecule has 0 aliphatic rings. The van der Waals surface area contributed by atoms with Gasteiger partial charge in [0.05, 0.1) is 18.9 Å². The van der Waals surface area contributed by atoms with E-state index in [-0.39, 0.29) is 0 Å². The fourth-order valence-corrected chi connectivity index (χ4v) is 2.46. The first-order valence-electron chi connectivity index (χ1n) is 9.21. The fourth-order valence-electron chi connectivity index (χ4n) is 2.46. The van der Waals surface area contributed by atoms with E-state index in [2.05, 4.69) is 20.6 Å². The molecule has 8 nitrogen and oxygen atoms in total. The van der Waals surface area contributed by atoms with Crippen molar-refractivity contribution < 1.29 is 23.9 Å². The number of hydrazone groups is 1. The highest BCUT2D eigenvalue weighted by molar-refractivity contribution is 6.39. The molecule has 0 heterocycles. The number of carbonyl (C=O) groups excluding carboxylic acids is 3. The second-order valence-electron chi connectivity index (χ2n) is 6.21. The Morgan fingerprint density at radius 3 is 2.10 bits per heavy atom. The van der Waals surface area contributed by atoms with Crippen molar-refractivity contribution >= 4 is 29.7 Å². The van der Waals surface area contributed by atoms with Gasteiger partial charge in [0, 0.05) is 5.69 Å². The van der Waals surface area contributed by atoms with Gasteiger partial charge >= 0.3 is 17.8 Å². The third kappa shape index (κ3) is 6.26. The number of carbonyl (C=O) groups is 3. The van der Waals surface area contributed by atoms with Gasteiger partial charge in [0.15, 0.2) is 0 Å². The number of amides is 2. The van der Waals surface area contributed by atoms with Crippen molar-refractivity contribution in [2.45, 2.75) is 0 Å². The van der Waals surface area contributed by atoms with E-state index in [1.54, 1.807) is 48.5 Å². The third-order valence-electron chi connectivity index (χ3n) is 4.01. The van der Waals surface area contributed by atoms with Crippen LogP contribution in [-0.4, -0.2) is 31.1 Å². The Bertz CT molecular complexity index is 1080. The van der Waals surface area contributed by atoms with Crippen molar-refractivity contribution in [1.82, 2.24) is 5.43 Å². The molecule has 31 heavy (non-hydrogen) atoms. The van der Waals surface area contributed by atoms with Crippen LogP contribution in [0.2, 0.25) is 0 Å². The van der Waals surface area contributed by atoms with Gasteiger partial charge in [-0.1, -0.05) is 30.3 Å². The number of hydrogen-bond donors (Lipinski definition) is 2. The Kier molecular flexibility index (Phi) is 7.10. The molecule has 0 atom stereocenters. The summed E-state index contributed by atoms with van der Waals surface area (Å²) in [4.78, 5) is 35.3. The Labute approximate surface area is 178 Å². The first-order valence-corrected chi connectivity index (χ1v) is 9.21. The van der Waals surface area contributed by atoms with E-state index in [0.717, 1.165) is 0 Å². The van der Waals surface area contributed by atoms with Crippen LogP contribution in [0.5, 0.6) is 11.5 Å². The van der Waals surface area contributed by atoms with Crippen molar-refractivity contribution in [3.63, 3.8) is 0 Å². The van der Waals surface area contributed by atoms with Crippen molar-refractivity contribution in [2.24, 2.45) is 5.10 Å². The van der Waals surface area contributed by atoms with Crippen LogP contribution in [-0.2, 0) is 14.3 Å². The Hall–Kier alpha value is -4.46. The number of methoxy groups -OCH3 is 1. The average molecular weight is 417 g/mol. The van der Waals surface area contributed by atoms with Crippen molar-refractivity contribution in [2.75, 3.05) is 12.4 Å². The molecular weight excluding hydrogens is 398 g/mol. The Balaban J connectivity index is 1.49. The zero-order valence-electron chi connectivity index (χ0n) is 16.6. The highest BCUT2D eigenvalue weighted by Gasteiger charge is 2.13. The molecule has 0 aliphatic heterocycles. The van der Waals surface area contributed by atoms with Gasteiger partial charge < -0.3 is 14.8 Å². The lowest BCUT2D eigenvalue weighted by Gasteiger charge is -2.07. The Morgan fingerprint density at radius 1 is 0.806 bits per heavy atom. The molecule has 0 unspecified atom stereocenters. The van der Waals surface area contributed by atoms with E-state index in [9.17, 15) is 14.4 Å². The normalized spacial score (nSPS) is 10.4. The van der Waals surface area contributed by atoms with E-state index in [1.807, 2.05) is 30.3 Å². The van der Waals surface area contributed by atoms with Crippen molar-refractivity contribution in [3.8, 4) is 11.5 Å². The van der Waals surface area contributed by atoms with Gasteiger partial charge in [-0.05, 0) is 54.1 Å². The molecule has 3 aromatic carbocycles. The standard InChI is InChI=1S/C23H19N3O5/c1-30-23(29)17-9-7-16(8-10-17)15-24-26-22(28)21(27)25-18-11-13-20(14-12-18)31-19-5-3-2-4-6-19/h2-15H,1H3,(H,25,27)(H,26,28). The van der Waals surface area contributed by atoms with Gasteiger partial charge in [0.25, 0.3) is 0 Å². The maximum atomic E-state index is 12.0. The molecule has 156 valence electrons. The van der Waals surface area contributed by atoms with E-state index >= 15 is 0 Å². The van der Waals surface area contributed by atoms with Crippen LogP contribution in [0.1, 0.15) is 15.9 Å².